The third kappa shape index (κ3) is 2.48. The Balaban J connectivity index is 2.17. The molecular weight excluding hydrogens is 317 g/mol. The minimum Gasteiger partial charge on any atom is -0.303 e. The molecule has 0 saturated carbocycles. The molecular formula is C12H7ClF5N3. The Bertz CT molecular complexity index is 690. The Kier molecular flexibility index (Phi) is 2.98. The minimum atomic E-state index is -4.70. The summed E-state index contributed by atoms with van der Waals surface area (Å²) in [6.45, 7) is 0. The Morgan fingerprint density at radius 1 is 1.14 bits per heavy atom. The highest BCUT2D eigenvalue weighted by Crippen LogP contribution is 2.43. The van der Waals surface area contributed by atoms with Crippen molar-refractivity contribution in [3.8, 4) is 5.82 Å². The van der Waals surface area contributed by atoms with Gasteiger partial charge in [0.1, 0.15) is 5.15 Å². The number of hydrogen-bond donors (Lipinski definition) is 0. The van der Waals surface area contributed by atoms with Crippen molar-refractivity contribution in [1.29, 1.82) is 0 Å². The van der Waals surface area contributed by atoms with E-state index >= 15 is 0 Å². The van der Waals surface area contributed by atoms with Crippen LogP contribution >= 0.6 is 11.6 Å². The van der Waals surface area contributed by atoms with Gasteiger partial charge in [-0.05, 0) is 5.56 Å². The van der Waals surface area contributed by atoms with Crippen LogP contribution in [0.15, 0.2) is 18.6 Å². The number of alkyl halides is 5. The Morgan fingerprint density at radius 2 is 1.86 bits per heavy atom. The van der Waals surface area contributed by atoms with Gasteiger partial charge in [-0.1, -0.05) is 11.6 Å². The predicted octanol–water partition coefficient (Wildman–Crippen LogP) is 3.67. The molecule has 21 heavy (non-hydrogen) atoms. The summed E-state index contributed by atoms with van der Waals surface area (Å²) in [7, 11) is 0. The van der Waals surface area contributed by atoms with Crippen LogP contribution in [0.2, 0.25) is 5.15 Å². The van der Waals surface area contributed by atoms with E-state index in [1.165, 1.54) is 0 Å². The maximum Gasteiger partial charge on any atom is 0.418 e. The van der Waals surface area contributed by atoms with Crippen molar-refractivity contribution in [1.82, 2.24) is 14.5 Å². The van der Waals surface area contributed by atoms with Crippen LogP contribution < -0.4 is 0 Å². The molecule has 0 spiro atoms. The minimum absolute atomic E-state index is 0.0175. The fraction of sp³-hybridized carbons (Fsp3) is 0.333. The SMILES string of the molecule is FC1(F)Cc2c(C(F)(F)F)cn(-c3cnc(Cl)cn3)c2C1. The molecule has 0 unspecified atom stereocenters. The van der Waals surface area contributed by atoms with Gasteiger partial charge in [0.2, 0.25) is 0 Å². The smallest absolute Gasteiger partial charge is 0.303 e. The molecule has 0 fully saturated rings. The largest absolute Gasteiger partial charge is 0.418 e. The van der Waals surface area contributed by atoms with Gasteiger partial charge in [0, 0.05) is 18.3 Å². The normalized spacial score (nSPS) is 17.0. The summed E-state index contributed by atoms with van der Waals surface area (Å²) in [5.41, 5.74) is -1.54. The third-order valence-electron chi connectivity index (χ3n) is 3.24. The fourth-order valence-corrected chi connectivity index (χ4v) is 2.52. The van der Waals surface area contributed by atoms with Crippen molar-refractivity contribution in [2.24, 2.45) is 0 Å². The lowest BCUT2D eigenvalue weighted by Gasteiger charge is -2.11. The van der Waals surface area contributed by atoms with Crippen LogP contribution in [0.5, 0.6) is 0 Å². The topological polar surface area (TPSA) is 30.7 Å². The molecule has 3 nitrogen and oxygen atoms in total. The van der Waals surface area contributed by atoms with E-state index < -0.39 is 30.5 Å². The van der Waals surface area contributed by atoms with Crippen molar-refractivity contribution in [3.05, 3.63) is 40.6 Å². The highest BCUT2D eigenvalue weighted by molar-refractivity contribution is 6.29. The first kappa shape index (κ1) is 14.2. The van der Waals surface area contributed by atoms with Crippen LogP contribution in [0.3, 0.4) is 0 Å². The molecule has 3 rings (SSSR count). The fourth-order valence-electron chi connectivity index (χ4n) is 2.42. The summed E-state index contributed by atoms with van der Waals surface area (Å²) < 4.78 is 66.8. The molecule has 1 aliphatic rings. The first-order chi connectivity index (χ1) is 9.67. The van der Waals surface area contributed by atoms with Crippen LogP contribution in [0.25, 0.3) is 5.82 Å². The van der Waals surface area contributed by atoms with Gasteiger partial charge in [0.05, 0.1) is 24.4 Å². The molecule has 0 atom stereocenters. The molecule has 0 N–H and O–H groups in total. The zero-order valence-electron chi connectivity index (χ0n) is 10.3. The van der Waals surface area contributed by atoms with Crippen LogP contribution in [0.1, 0.15) is 16.8 Å². The number of rotatable bonds is 1. The van der Waals surface area contributed by atoms with Crippen LogP contribution in [-0.2, 0) is 19.0 Å². The van der Waals surface area contributed by atoms with Crippen LogP contribution in [0, 0.1) is 0 Å². The van der Waals surface area contributed by atoms with Gasteiger partial charge >= 0.3 is 6.18 Å². The van der Waals surface area contributed by atoms with E-state index in [0.29, 0.717) is 0 Å². The molecule has 9 heteroatoms. The second-order valence-corrected chi connectivity index (χ2v) is 5.13. The van der Waals surface area contributed by atoms with E-state index in [-0.39, 0.29) is 22.2 Å². The molecule has 2 heterocycles. The lowest BCUT2D eigenvalue weighted by atomic mass is 10.1. The van der Waals surface area contributed by atoms with Gasteiger partial charge in [-0.2, -0.15) is 13.2 Å². The van der Waals surface area contributed by atoms with Crippen molar-refractivity contribution < 1.29 is 22.0 Å². The number of nitrogens with zero attached hydrogens (tertiary/aromatic N) is 3. The Morgan fingerprint density at radius 3 is 2.43 bits per heavy atom. The second-order valence-electron chi connectivity index (χ2n) is 4.74. The van der Waals surface area contributed by atoms with Crippen LogP contribution in [0.4, 0.5) is 22.0 Å². The first-order valence-electron chi connectivity index (χ1n) is 5.83. The van der Waals surface area contributed by atoms with Gasteiger partial charge in [-0.15, -0.1) is 0 Å². The number of fused-ring (bicyclic) bond motifs is 1. The predicted molar refractivity (Wildman–Crippen MR) is 63.7 cm³/mol. The van der Waals surface area contributed by atoms with E-state index in [9.17, 15) is 22.0 Å². The summed E-state index contributed by atoms with van der Waals surface area (Å²) in [4.78, 5) is 7.53. The maximum atomic E-state index is 13.5. The molecule has 2 aromatic rings. The van der Waals surface area contributed by atoms with Crippen LogP contribution in [-0.4, -0.2) is 20.5 Å². The lowest BCUT2D eigenvalue weighted by Crippen LogP contribution is -2.18. The zero-order chi connectivity index (χ0) is 15.4. The Hall–Kier alpha value is -1.70. The molecule has 0 amide bonds. The molecule has 1 aliphatic carbocycles. The summed E-state index contributed by atoms with van der Waals surface area (Å²) >= 11 is 5.56. The van der Waals surface area contributed by atoms with Gasteiger partial charge in [-0.3, -0.25) is 0 Å². The van der Waals surface area contributed by atoms with Gasteiger partial charge in [-0.25, -0.2) is 18.7 Å². The quantitative estimate of drug-likeness (QED) is 0.750. The third-order valence-corrected chi connectivity index (χ3v) is 3.44. The molecule has 0 aromatic carbocycles. The maximum absolute atomic E-state index is 13.5. The van der Waals surface area contributed by atoms with Crippen molar-refractivity contribution in [3.63, 3.8) is 0 Å². The summed E-state index contributed by atoms with van der Waals surface area (Å²) in [6.07, 6.45) is -3.33. The van der Waals surface area contributed by atoms with Gasteiger partial charge in [0.25, 0.3) is 5.92 Å². The molecule has 0 aliphatic heterocycles. The van der Waals surface area contributed by atoms with E-state index in [2.05, 4.69) is 9.97 Å². The number of halogens is 6. The van der Waals surface area contributed by atoms with E-state index in [4.69, 9.17) is 11.6 Å². The average molecular weight is 324 g/mol. The van der Waals surface area contributed by atoms with E-state index in [0.717, 1.165) is 23.2 Å². The standard InChI is InChI=1S/C12H7ClF5N3/c13-9-3-20-10(4-19-9)21-5-7(12(16,17)18)6-1-11(14,15)2-8(6)21/h3-5H,1-2H2. The first-order valence-corrected chi connectivity index (χ1v) is 6.21. The average Bonchev–Trinajstić information content (AvgIpc) is 2.82. The summed E-state index contributed by atoms with van der Waals surface area (Å²) in [6, 6.07) is 0. The summed E-state index contributed by atoms with van der Waals surface area (Å²) in [5.74, 6) is -3.17. The summed E-state index contributed by atoms with van der Waals surface area (Å²) in [5, 5.41) is 0.0592. The molecule has 0 radical (unpaired) electrons. The van der Waals surface area contributed by atoms with Crippen molar-refractivity contribution >= 4 is 11.6 Å². The van der Waals surface area contributed by atoms with E-state index in [1.54, 1.807) is 0 Å². The monoisotopic (exact) mass is 323 g/mol. The highest BCUT2D eigenvalue weighted by Gasteiger charge is 2.46. The highest BCUT2D eigenvalue weighted by atomic mass is 35.5. The van der Waals surface area contributed by atoms with E-state index in [1.807, 2.05) is 0 Å². The number of hydrogen-bond acceptors (Lipinski definition) is 2. The molecule has 0 bridgehead atoms. The zero-order valence-corrected chi connectivity index (χ0v) is 11.0. The second kappa shape index (κ2) is 4.40. The van der Waals surface area contributed by atoms with Crippen molar-refractivity contribution in [2.75, 3.05) is 0 Å². The van der Waals surface area contributed by atoms with Gasteiger partial charge in [0.15, 0.2) is 5.82 Å². The molecule has 112 valence electrons. The molecule has 2 aromatic heterocycles. The Labute approximate surface area is 120 Å². The van der Waals surface area contributed by atoms with Gasteiger partial charge < -0.3 is 4.57 Å². The number of aromatic nitrogens is 3. The molecule has 0 saturated heterocycles. The lowest BCUT2D eigenvalue weighted by molar-refractivity contribution is -0.138. The van der Waals surface area contributed by atoms with Crippen molar-refractivity contribution in [2.45, 2.75) is 24.9 Å².